The highest BCUT2D eigenvalue weighted by molar-refractivity contribution is 6.56. The van der Waals surface area contributed by atoms with Crippen molar-refractivity contribution < 1.29 is 23.1 Å². The van der Waals surface area contributed by atoms with Gasteiger partial charge in [0, 0.05) is 30.2 Å². The average Bonchev–Trinajstić information content (AvgIpc) is 4.13. The van der Waals surface area contributed by atoms with Gasteiger partial charge in [0.05, 0.1) is 0 Å². The fraction of sp³-hybridized carbons (Fsp3) is 0.400. The molecule has 4 unspecified atom stereocenters. The lowest BCUT2D eigenvalue weighted by molar-refractivity contribution is -0.341. The summed E-state index contributed by atoms with van der Waals surface area (Å²) in [7, 11) is 0. The lowest BCUT2D eigenvalue weighted by Crippen LogP contribution is -2.91. The molecule has 1 aliphatic heterocycles. The zero-order chi connectivity index (χ0) is 46.6. The van der Waals surface area contributed by atoms with Crippen LogP contribution in [0.25, 0.3) is 48.7 Å². The van der Waals surface area contributed by atoms with E-state index in [0.717, 1.165) is 78.4 Å². The number of aryl methyl sites for hydroxylation is 1. The molecule has 0 amide bonds. The minimum Gasteiger partial charge on any atom is -0.427 e. The number of benzene rings is 6. The van der Waals surface area contributed by atoms with Gasteiger partial charge in [-0.05, 0) is 217 Å². The molecule has 342 valence electrons. The average molecular weight is 893 g/mol. The quantitative estimate of drug-likeness (QED) is 0.0594. The van der Waals surface area contributed by atoms with E-state index < -0.39 is 6.97 Å². The van der Waals surface area contributed by atoms with E-state index in [2.05, 4.69) is 108 Å². The van der Waals surface area contributed by atoms with E-state index in [1.807, 2.05) is 38.1 Å². The van der Waals surface area contributed by atoms with E-state index in [-0.39, 0.29) is 23.2 Å². The van der Waals surface area contributed by atoms with E-state index >= 15 is 8.63 Å². The van der Waals surface area contributed by atoms with E-state index in [1.165, 1.54) is 69.8 Å². The molecule has 0 radical (unpaired) electrons. The van der Waals surface area contributed by atoms with Crippen LogP contribution in [0.4, 0.5) is 8.63 Å². The Morgan fingerprint density at radius 3 is 1.97 bits per heavy atom. The van der Waals surface area contributed by atoms with Crippen LogP contribution < -0.4 is 9.64 Å². The molecule has 1 aromatic heterocycles. The molecule has 7 heteroatoms. The largest absolute Gasteiger partial charge is 0.730 e. The first kappa shape index (κ1) is 42.8. The van der Waals surface area contributed by atoms with Crippen LogP contribution in [0, 0.1) is 18.8 Å². The van der Waals surface area contributed by atoms with Crippen molar-refractivity contribution in [2.75, 3.05) is 0 Å². The number of carbonyl (C=O) groups is 1. The van der Waals surface area contributed by atoms with Crippen LogP contribution in [0.1, 0.15) is 163 Å². The van der Waals surface area contributed by atoms with Crippen LogP contribution in [0.15, 0.2) is 95.6 Å². The summed E-state index contributed by atoms with van der Waals surface area (Å²) in [6, 6.07) is 28.7. The lowest BCUT2D eigenvalue weighted by Gasteiger charge is -2.26. The summed E-state index contributed by atoms with van der Waals surface area (Å²) in [5.74, 6) is 1.55. The van der Waals surface area contributed by atoms with Crippen LogP contribution in [0.2, 0.25) is 0 Å². The SMILES string of the molecule is C/C1=[NH+]\[B-](F)(F)n2c(C)c3c(c2/C(c2ccc(OC(=O)CCCc4ccc5c6cc(C(C)(C)C)cc7cc(C(C)(C)C)cc(c8cccc4c85)c76)cc2)=C(\C)C2=C1C1CCC2C1)C1CCC3C1. The monoisotopic (exact) mass is 892 g/mol. The predicted octanol–water partition coefficient (Wildman–Crippen LogP) is 14.1. The number of allylic oxidation sites excluding steroid dienone is 3. The van der Waals surface area contributed by atoms with Crippen molar-refractivity contribution in [1.29, 1.82) is 0 Å². The number of hydrogen-bond donors (Lipinski definition) is 1. The molecule has 5 aliphatic rings. The number of hydrogen-bond acceptors (Lipinski definition) is 2. The van der Waals surface area contributed by atoms with Crippen molar-refractivity contribution in [3.05, 3.63) is 140 Å². The van der Waals surface area contributed by atoms with Gasteiger partial charge in [0.25, 0.3) is 0 Å². The summed E-state index contributed by atoms with van der Waals surface area (Å²) < 4.78 is 41.4. The zero-order valence-electron chi connectivity index (χ0n) is 40.8. The number of halogens is 2. The number of aromatic nitrogens is 1. The molecule has 4 atom stereocenters. The van der Waals surface area contributed by atoms with Gasteiger partial charge in [-0.1, -0.05) is 96.1 Å². The zero-order valence-corrected chi connectivity index (χ0v) is 40.8. The van der Waals surface area contributed by atoms with Crippen LogP contribution in [0.3, 0.4) is 0 Å². The molecule has 2 heterocycles. The van der Waals surface area contributed by atoms with Gasteiger partial charge in [-0.3, -0.25) is 4.79 Å². The van der Waals surface area contributed by atoms with Gasteiger partial charge < -0.3 is 22.7 Å². The Hall–Kier alpha value is -5.56. The molecular weight excluding hydrogens is 829 g/mol. The molecule has 67 heavy (non-hydrogen) atoms. The van der Waals surface area contributed by atoms with Crippen molar-refractivity contribution in [3.63, 3.8) is 0 Å². The summed E-state index contributed by atoms with van der Waals surface area (Å²) in [4.78, 5) is 16.4. The molecule has 4 bridgehead atoms. The normalized spacial score (nSPS) is 24.1. The first-order valence-corrected chi connectivity index (χ1v) is 25.2. The summed E-state index contributed by atoms with van der Waals surface area (Å²) in [6.07, 6.45) is 8.06. The first-order valence-electron chi connectivity index (χ1n) is 25.2. The highest BCUT2D eigenvalue weighted by atomic mass is 19.2. The molecule has 2 fully saturated rings. The maximum Gasteiger partial charge on any atom is 0.730 e. The third kappa shape index (κ3) is 6.48. The minimum atomic E-state index is -4.15. The van der Waals surface area contributed by atoms with Gasteiger partial charge in [0.15, 0.2) is 0 Å². The van der Waals surface area contributed by atoms with Gasteiger partial charge in [0.1, 0.15) is 11.5 Å². The fourth-order valence-electron chi connectivity index (χ4n) is 14.1. The van der Waals surface area contributed by atoms with Crippen molar-refractivity contribution in [3.8, 4) is 5.75 Å². The third-order valence-electron chi connectivity index (χ3n) is 17.2. The summed E-state index contributed by atoms with van der Waals surface area (Å²) in [6.45, 7) is 15.6. The van der Waals surface area contributed by atoms with E-state index in [0.29, 0.717) is 52.9 Å². The second-order valence-corrected chi connectivity index (χ2v) is 23.3. The smallest absolute Gasteiger partial charge is 0.427 e. The van der Waals surface area contributed by atoms with Crippen LogP contribution in [-0.2, 0) is 22.0 Å². The molecule has 0 saturated heterocycles. The van der Waals surface area contributed by atoms with Crippen molar-refractivity contribution in [2.45, 2.75) is 143 Å². The molecule has 0 spiro atoms. The maximum absolute atomic E-state index is 17.0. The predicted molar refractivity (Wildman–Crippen MR) is 273 cm³/mol. The topological polar surface area (TPSA) is 45.2 Å². The van der Waals surface area contributed by atoms with Crippen LogP contribution in [0.5, 0.6) is 5.75 Å². The Labute approximate surface area is 394 Å². The van der Waals surface area contributed by atoms with Crippen molar-refractivity contribution in [1.82, 2.24) is 4.48 Å². The van der Waals surface area contributed by atoms with Gasteiger partial charge in [-0.2, -0.15) is 0 Å². The maximum atomic E-state index is 17.0. The van der Waals surface area contributed by atoms with Gasteiger partial charge in [-0.25, -0.2) is 0 Å². The number of ether oxygens (including phenoxy) is 1. The summed E-state index contributed by atoms with van der Waals surface area (Å²) >= 11 is 0. The molecular formula is C60H63BF2N2O2. The van der Waals surface area contributed by atoms with Crippen LogP contribution in [-0.4, -0.2) is 23.1 Å². The number of esters is 1. The van der Waals surface area contributed by atoms with Crippen molar-refractivity contribution in [2.24, 2.45) is 11.8 Å². The van der Waals surface area contributed by atoms with Gasteiger partial charge in [0.2, 0.25) is 0 Å². The number of fused-ring (bicyclic) bond motifs is 13. The number of nitrogens with zero attached hydrogens (tertiary/aromatic N) is 1. The standard InChI is InChI=1S/C60H63BF2N2O2/c1-32-51-37-16-17-38(26-37)53(51)33(2)64-61(62,63)65-34(3)54-39-18-19-40(27-39)56(54)58(65)52(32)36-20-23-44(24-21-36)67-50(66)15-10-12-35-22-25-47-49-31-43(60(7,8)9)29-41-28-42(59(4,5)6)30-48(55(41)49)46-14-11-13-45(35)57(46)47/h11,13-14,20-25,28-31,37-40,64H,10,12,15-19,26-27H2,1-9H3/b52-32+,64-33+. The van der Waals surface area contributed by atoms with Crippen LogP contribution >= 0.6 is 0 Å². The summed E-state index contributed by atoms with van der Waals surface area (Å²) in [5.41, 5.74) is 13.6. The molecule has 7 aromatic rings. The molecule has 4 nitrogen and oxygen atoms in total. The minimum absolute atomic E-state index is 0.00000265. The van der Waals surface area contributed by atoms with E-state index in [9.17, 15) is 4.79 Å². The van der Waals surface area contributed by atoms with Crippen molar-refractivity contribution >= 4 is 67.3 Å². The Morgan fingerprint density at radius 1 is 0.701 bits per heavy atom. The Bertz CT molecular complexity index is 3300. The first-order chi connectivity index (χ1) is 31.9. The second-order valence-electron chi connectivity index (χ2n) is 23.3. The molecule has 6 aromatic carbocycles. The number of nitrogens with one attached hydrogen (secondary N) is 1. The Balaban J connectivity index is 0.850. The van der Waals surface area contributed by atoms with E-state index in [1.54, 1.807) is 0 Å². The molecule has 1 N–H and O–H groups in total. The highest BCUT2D eigenvalue weighted by Gasteiger charge is 2.52. The molecule has 12 rings (SSSR count). The second kappa shape index (κ2) is 14.7. The summed E-state index contributed by atoms with van der Waals surface area (Å²) in [5, 5.41) is 10.3. The third-order valence-corrected chi connectivity index (χ3v) is 17.2. The molecule has 2 saturated carbocycles. The lowest BCUT2D eigenvalue weighted by atomic mass is 9.79. The Kier molecular flexibility index (Phi) is 9.40. The number of rotatable bonds is 6. The van der Waals surface area contributed by atoms with E-state index in [4.69, 9.17) is 4.74 Å². The highest BCUT2D eigenvalue weighted by Crippen LogP contribution is 2.60. The van der Waals surface area contributed by atoms with Gasteiger partial charge in [-0.15, -0.1) is 0 Å². The molecule has 4 aliphatic carbocycles. The number of carbonyl (C=O) groups excluding carboxylic acids is 1. The van der Waals surface area contributed by atoms with Gasteiger partial charge >= 0.3 is 12.9 Å². The fourth-order valence-corrected chi connectivity index (χ4v) is 14.1. The Morgan fingerprint density at radius 2 is 1.30 bits per heavy atom.